The molecule has 2 rings (SSSR count). The van der Waals surface area contributed by atoms with Crippen LogP contribution in [0.5, 0.6) is 0 Å². The van der Waals surface area contributed by atoms with Gasteiger partial charge in [0.05, 0.1) is 0 Å². The lowest BCUT2D eigenvalue weighted by Crippen LogP contribution is -2.07. The van der Waals surface area contributed by atoms with Crippen LogP contribution in [-0.2, 0) is 6.42 Å². The van der Waals surface area contributed by atoms with Crippen LogP contribution in [0, 0.1) is 18.6 Å². The van der Waals surface area contributed by atoms with E-state index >= 15 is 0 Å². The van der Waals surface area contributed by atoms with Crippen molar-refractivity contribution in [1.29, 1.82) is 0 Å². The van der Waals surface area contributed by atoms with Crippen molar-refractivity contribution in [2.24, 2.45) is 0 Å². The van der Waals surface area contributed by atoms with Gasteiger partial charge < -0.3 is 0 Å². The van der Waals surface area contributed by atoms with Crippen molar-refractivity contribution in [3.63, 3.8) is 0 Å². The maximum Gasteiger partial charge on any atom is 0.185 e. The Morgan fingerprint density at radius 3 is 2.50 bits per heavy atom. The van der Waals surface area contributed by atoms with E-state index in [1.807, 2.05) is 0 Å². The van der Waals surface area contributed by atoms with Gasteiger partial charge in [0.25, 0.3) is 0 Å². The average Bonchev–Trinajstić information content (AvgIpc) is 2.27. The van der Waals surface area contributed by atoms with Crippen molar-refractivity contribution < 1.29 is 13.6 Å². The number of aromatic nitrogens is 2. The minimum absolute atomic E-state index is 0.0921. The predicted octanol–water partition coefficient (Wildman–Crippen LogP) is 2.49. The van der Waals surface area contributed by atoms with E-state index in [2.05, 4.69) is 9.97 Å². The Hall–Kier alpha value is -2.17. The molecule has 0 aliphatic carbocycles. The largest absolute Gasteiger partial charge is 0.292 e. The summed E-state index contributed by atoms with van der Waals surface area (Å²) < 4.78 is 25.9. The lowest BCUT2D eigenvalue weighted by atomic mass is 10.1. The highest BCUT2D eigenvalue weighted by Crippen LogP contribution is 2.10. The molecule has 0 saturated carbocycles. The number of ketones is 1. The Morgan fingerprint density at radius 2 is 1.89 bits per heavy atom. The first-order valence-electron chi connectivity index (χ1n) is 5.32. The molecule has 3 nitrogen and oxygen atoms in total. The number of halogens is 2. The summed E-state index contributed by atoms with van der Waals surface area (Å²) in [6, 6.07) is 4.51. The normalized spacial score (nSPS) is 10.4. The van der Waals surface area contributed by atoms with E-state index in [1.54, 1.807) is 6.92 Å². The van der Waals surface area contributed by atoms with Crippen molar-refractivity contribution in [3.05, 3.63) is 59.2 Å². The second-order valence-electron chi connectivity index (χ2n) is 3.87. The monoisotopic (exact) mass is 248 g/mol. The third-order valence-corrected chi connectivity index (χ3v) is 2.35. The van der Waals surface area contributed by atoms with Gasteiger partial charge >= 0.3 is 0 Å². The van der Waals surface area contributed by atoms with E-state index in [0.29, 0.717) is 5.82 Å². The maximum absolute atomic E-state index is 13.0. The number of carbonyl (C=O) groups is 1. The fraction of sp³-hybridized carbons (Fsp3) is 0.154. The van der Waals surface area contributed by atoms with Gasteiger partial charge in [-0.3, -0.25) is 4.79 Å². The second-order valence-corrected chi connectivity index (χ2v) is 3.87. The standard InChI is InChI=1S/C13H10F2N2O/c1-8-16-3-2-12(17-8)13(18)6-9-4-10(14)7-11(15)5-9/h2-5,7H,6H2,1H3. The van der Waals surface area contributed by atoms with E-state index in [1.165, 1.54) is 12.3 Å². The molecular formula is C13H10F2N2O. The highest BCUT2D eigenvalue weighted by molar-refractivity contribution is 5.95. The zero-order chi connectivity index (χ0) is 13.1. The smallest absolute Gasteiger partial charge is 0.185 e. The van der Waals surface area contributed by atoms with Crippen LogP contribution in [0.2, 0.25) is 0 Å². The number of rotatable bonds is 3. The van der Waals surface area contributed by atoms with Crippen LogP contribution in [0.1, 0.15) is 21.9 Å². The molecular weight excluding hydrogens is 238 g/mol. The van der Waals surface area contributed by atoms with Gasteiger partial charge in [-0.1, -0.05) is 0 Å². The highest BCUT2D eigenvalue weighted by Gasteiger charge is 2.10. The molecule has 18 heavy (non-hydrogen) atoms. The van der Waals surface area contributed by atoms with Gasteiger partial charge in [0.2, 0.25) is 0 Å². The van der Waals surface area contributed by atoms with Crippen LogP contribution in [0.4, 0.5) is 8.78 Å². The van der Waals surface area contributed by atoms with Crippen LogP contribution in [-0.4, -0.2) is 15.8 Å². The maximum atomic E-state index is 13.0. The van der Waals surface area contributed by atoms with Crippen molar-refractivity contribution in [1.82, 2.24) is 9.97 Å². The van der Waals surface area contributed by atoms with Crippen LogP contribution in [0.25, 0.3) is 0 Å². The summed E-state index contributed by atoms with van der Waals surface area (Å²) in [5, 5.41) is 0. The van der Waals surface area contributed by atoms with Crippen molar-refractivity contribution in [3.8, 4) is 0 Å². The van der Waals surface area contributed by atoms with Gasteiger partial charge in [-0.25, -0.2) is 18.7 Å². The molecule has 0 radical (unpaired) electrons. The molecule has 1 aromatic carbocycles. The van der Waals surface area contributed by atoms with Gasteiger partial charge in [-0.05, 0) is 30.7 Å². The van der Waals surface area contributed by atoms with Crippen molar-refractivity contribution in [2.75, 3.05) is 0 Å². The quantitative estimate of drug-likeness (QED) is 0.784. The van der Waals surface area contributed by atoms with E-state index < -0.39 is 11.6 Å². The van der Waals surface area contributed by atoms with Gasteiger partial charge in [0.1, 0.15) is 23.2 Å². The SMILES string of the molecule is Cc1nccc(C(=O)Cc2cc(F)cc(F)c2)n1. The summed E-state index contributed by atoms with van der Waals surface area (Å²) in [5.41, 5.74) is 0.529. The van der Waals surface area contributed by atoms with Gasteiger partial charge in [-0.2, -0.15) is 0 Å². The average molecular weight is 248 g/mol. The number of nitrogens with zero attached hydrogens (tertiary/aromatic N) is 2. The number of Topliss-reactive ketones (excluding diaryl/α,β-unsaturated/α-hetero) is 1. The van der Waals surface area contributed by atoms with Crippen LogP contribution >= 0.6 is 0 Å². The molecule has 0 aliphatic rings. The summed E-state index contributed by atoms with van der Waals surface area (Å²) in [7, 11) is 0. The number of hydrogen-bond acceptors (Lipinski definition) is 3. The summed E-state index contributed by atoms with van der Waals surface area (Å²) in [5.74, 6) is -1.22. The Kier molecular flexibility index (Phi) is 3.41. The Balaban J connectivity index is 2.21. The van der Waals surface area contributed by atoms with E-state index in [4.69, 9.17) is 0 Å². The Bertz CT molecular complexity index is 579. The van der Waals surface area contributed by atoms with Gasteiger partial charge in [-0.15, -0.1) is 0 Å². The molecule has 0 atom stereocenters. The van der Waals surface area contributed by atoms with E-state index in [-0.39, 0.29) is 23.5 Å². The fourth-order valence-electron chi connectivity index (χ4n) is 1.60. The van der Waals surface area contributed by atoms with E-state index in [9.17, 15) is 13.6 Å². The number of hydrogen-bond donors (Lipinski definition) is 0. The van der Waals surface area contributed by atoms with Crippen LogP contribution in [0.15, 0.2) is 30.5 Å². The predicted molar refractivity (Wildman–Crippen MR) is 61.2 cm³/mol. The summed E-state index contributed by atoms with van der Waals surface area (Å²) in [4.78, 5) is 19.7. The summed E-state index contributed by atoms with van der Waals surface area (Å²) in [6.07, 6.45) is 1.38. The lowest BCUT2D eigenvalue weighted by molar-refractivity contribution is 0.0987. The van der Waals surface area contributed by atoms with Gasteiger partial charge in [0.15, 0.2) is 5.78 Å². The molecule has 0 bridgehead atoms. The molecule has 0 aliphatic heterocycles. The molecule has 0 N–H and O–H groups in total. The molecule has 1 heterocycles. The topological polar surface area (TPSA) is 42.9 Å². The molecule has 1 aromatic heterocycles. The Labute approximate surface area is 103 Å². The third-order valence-electron chi connectivity index (χ3n) is 2.35. The second kappa shape index (κ2) is 5.00. The molecule has 92 valence electrons. The zero-order valence-electron chi connectivity index (χ0n) is 9.65. The molecule has 0 spiro atoms. The number of aryl methyl sites for hydroxylation is 1. The lowest BCUT2D eigenvalue weighted by Gasteiger charge is -2.02. The fourth-order valence-corrected chi connectivity index (χ4v) is 1.60. The first-order chi connectivity index (χ1) is 8.54. The summed E-state index contributed by atoms with van der Waals surface area (Å²) in [6.45, 7) is 1.67. The molecule has 0 fully saturated rings. The van der Waals surface area contributed by atoms with Crippen LogP contribution in [0.3, 0.4) is 0 Å². The van der Waals surface area contributed by atoms with Crippen molar-refractivity contribution in [2.45, 2.75) is 13.3 Å². The molecule has 5 heteroatoms. The molecule has 0 saturated heterocycles. The zero-order valence-corrected chi connectivity index (χ0v) is 9.65. The first-order valence-corrected chi connectivity index (χ1v) is 5.32. The van der Waals surface area contributed by atoms with E-state index in [0.717, 1.165) is 18.2 Å². The summed E-state index contributed by atoms with van der Waals surface area (Å²) >= 11 is 0. The first kappa shape index (κ1) is 12.3. The molecule has 0 unspecified atom stereocenters. The van der Waals surface area contributed by atoms with Gasteiger partial charge in [0, 0.05) is 18.7 Å². The molecule has 2 aromatic rings. The minimum Gasteiger partial charge on any atom is -0.292 e. The Morgan fingerprint density at radius 1 is 1.22 bits per heavy atom. The van der Waals surface area contributed by atoms with Crippen molar-refractivity contribution >= 4 is 5.78 Å². The molecule has 0 amide bonds. The highest BCUT2D eigenvalue weighted by atomic mass is 19.1. The van der Waals surface area contributed by atoms with Crippen LogP contribution < -0.4 is 0 Å². The number of carbonyl (C=O) groups excluding carboxylic acids is 1. The number of benzene rings is 1. The third kappa shape index (κ3) is 2.94. The minimum atomic E-state index is -0.698.